The molecule has 0 radical (unpaired) electrons. The van der Waals surface area contributed by atoms with Crippen LogP contribution < -0.4 is 16.1 Å². The van der Waals surface area contributed by atoms with Crippen molar-refractivity contribution in [2.45, 2.75) is 191 Å². The number of rotatable bonds is 18. The lowest BCUT2D eigenvalue weighted by molar-refractivity contribution is -0.122. The molecule has 0 unspecified atom stereocenters. The number of carbonyl (C=O) groups excluding carboxylic acids is 4. The molecule has 2 saturated carbocycles. The van der Waals surface area contributed by atoms with E-state index in [0.29, 0.717) is 63.4 Å². The van der Waals surface area contributed by atoms with Crippen LogP contribution >= 0.6 is 15.9 Å². The van der Waals surface area contributed by atoms with E-state index in [4.69, 9.17) is 9.31 Å². The smallest absolute Gasteiger partial charge is 0.399 e. The van der Waals surface area contributed by atoms with Crippen molar-refractivity contribution in [1.82, 2.24) is 40.2 Å². The van der Waals surface area contributed by atoms with Gasteiger partial charge in [0.15, 0.2) is 11.6 Å². The maximum atomic E-state index is 15.1. The molecular formula is C80H68BBrF16N8O6. The van der Waals surface area contributed by atoms with E-state index in [-0.39, 0.29) is 73.7 Å². The third kappa shape index (κ3) is 17.6. The van der Waals surface area contributed by atoms with Crippen LogP contribution in [0, 0.1) is 58.8 Å². The van der Waals surface area contributed by atoms with E-state index in [1.165, 1.54) is 12.4 Å². The summed E-state index contributed by atoms with van der Waals surface area (Å²) in [5, 5.41) is 12.3. The molecule has 112 heavy (non-hydrogen) atoms. The third-order valence-corrected chi connectivity index (χ3v) is 21.4. The summed E-state index contributed by atoms with van der Waals surface area (Å²) in [5.74, 6) is -10.5. The second-order valence-electron chi connectivity index (χ2n) is 29.9. The van der Waals surface area contributed by atoms with Gasteiger partial charge in [-0.2, -0.15) is 27.8 Å². The number of amides is 2. The summed E-state index contributed by atoms with van der Waals surface area (Å²) in [4.78, 5) is 60.2. The van der Waals surface area contributed by atoms with E-state index in [1.54, 1.807) is 30.3 Å². The van der Waals surface area contributed by atoms with Crippen molar-refractivity contribution in [2.75, 3.05) is 0 Å². The van der Waals surface area contributed by atoms with E-state index in [9.17, 15) is 80.6 Å². The lowest BCUT2D eigenvalue weighted by Crippen LogP contribution is -2.41. The molecule has 586 valence electrons. The van der Waals surface area contributed by atoms with Gasteiger partial charge >= 0.3 is 7.12 Å². The Bertz CT molecular complexity index is 5160. The molecule has 0 spiro atoms. The summed E-state index contributed by atoms with van der Waals surface area (Å²) in [6, 6.07) is 19.9. The van der Waals surface area contributed by atoms with Crippen molar-refractivity contribution in [3.05, 3.63) is 215 Å². The Morgan fingerprint density at radius 1 is 0.536 bits per heavy atom. The average molecular weight is 1630 g/mol. The normalized spacial score (nSPS) is 18.7. The summed E-state index contributed by atoms with van der Waals surface area (Å²) in [7, 11) is -0.413. The second kappa shape index (κ2) is 31.0. The van der Waals surface area contributed by atoms with Gasteiger partial charge in [-0.05, 0) is 164 Å². The molecule has 7 heterocycles. The number of nitrogens with zero attached hydrogens (tertiary/aromatic N) is 6. The zero-order valence-electron chi connectivity index (χ0n) is 60.2. The van der Waals surface area contributed by atoms with Crippen molar-refractivity contribution >= 4 is 51.9 Å². The number of aromatic nitrogens is 6. The van der Waals surface area contributed by atoms with Gasteiger partial charge in [-0.15, -0.1) is 0 Å². The van der Waals surface area contributed by atoms with E-state index < -0.39 is 176 Å². The molecule has 4 aromatic carbocycles. The number of alkyl halides is 12. The fraction of sp³-hybridized carbons (Fsp3) is 0.400. The first-order valence-electron chi connectivity index (χ1n) is 35.8. The number of ketones is 2. The summed E-state index contributed by atoms with van der Waals surface area (Å²) >= 11 is 3.39. The van der Waals surface area contributed by atoms with E-state index in [0.717, 1.165) is 72.1 Å². The number of carbonyl (C=O) groups is 4. The number of nitrogens with one attached hydrogen (secondary N) is 2. The van der Waals surface area contributed by atoms with Gasteiger partial charge in [0, 0.05) is 132 Å². The number of fused-ring (bicyclic) bond motifs is 4. The number of benzene rings is 4. The Labute approximate surface area is 639 Å². The van der Waals surface area contributed by atoms with Crippen LogP contribution in [0.3, 0.4) is 0 Å². The Kier molecular flexibility index (Phi) is 22.3. The van der Waals surface area contributed by atoms with Gasteiger partial charge in [-0.3, -0.25) is 38.5 Å². The molecular weight excluding hydrogens is 1560 g/mol. The minimum absolute atomic E-state index is 0.0200. The van der Waals surface area contributed by atoms with Crippen molar-refractivity contribution in [2.24, 2.45) is 11.8 Å². The van der Waals surface area contributed by atoms with Crippen LogP contribution in [0.1, 0.15) is 216 Å². The second-order valence-corrected chi connectivity index (χ2v) is 30.7. The molecule has 7 aliphatic rings. The molecule has 14 nitrogen and oxygen atoms in total. The van der Waals surface area contributed by atoms with Gasteiger partial charge in [-0.25, -0.2) is 52.7 Å². The molecule has 4 aromatic heterocycles. The molecule has 4 aliphatic carbocycles. The SMILES string of the molecule is CC1(C)OB(c2ccc3c(c2)C(=O)NC3)OC1(C)C.O=C(C[C@@H](Cc1cc(F)cc(F)c1)c1ncc(C#CC2CC2)cc1-c1ccc2c(c1)C(=O)NC2)Cn1nc(C(F)F)c2c1C(F)(F)CCC2(F)F.O=C(C[C@@H](Cc1cc(F)cc(F)c1)c1ncc(C#CC2CC2)cc1Br)Cn1nc(C(F)F)c2c1C(F)(F)CCC2(F)F. The topological polar surface area (TPSA) is 172 Å². The number of hydrogen-bond donors (Lipinski definition) is 2. The highest BCUT2D eigenvalue weighted by Gasteiger charge is 2.57. The first-order chi connectivity index (χ1) is 52.7. The third-order valence-electron chi connectivity index (χ3n) is 20.7. The highest BCUT2D eigenvalue weighted by molar-refractivity contribution is 9.10. The maximum absolute atomic E-state index is 15.1. The highest BCUT2D eigenvalue weighted by atomic mass is 79.9. The summed E-state index contributed by atoms with van der Waals surface area (Å²) in [6.07, 6.45) is -7.04. The fourth-order valence-corrected chi connectivity index (χ4v) is 14.8. The Morgan fingerprint density at radius 2 is 0.946 bits per heavy atom. The molecule has 8 aromatic rings. The molecule has 3 fully saturated rings. The van der Waals surface area contributed by atoms with Gasteiger partial charge in [0.2, 0.25) is 0 Å². The summed E-state index contributed by atoms with van der Waals surface area (Å²) in [6.45, 7) is 6.95. The largest absolute Gasteiger partial charge is 0.494 e. The van der Waals surface area contributed by atoms with Crippen molar-refractivity contribution in [3.63, 3.8) is 0 Å². The lowest BCUT2D eigenvalue weighted by Gasteiger charge is -2.32. The summed E-state index contributed by atoms with van der Waals surface area (Å²) in [5.41, 5.74) is -3.10. The van der Waals surface area contributed by atoms with Gasteiger partial charge in [0.1, 0.15) is 59.1 Å². The van der Waals surface area contributed by atoms with Crippen LogP contribution in [0.2, 0.25) is 0 Å². The molecule has 15 rings (SSSR count). The van der Waals surface area contributed by atoms with Crippen LogP contribution in [0.15, 0.2) is 102 Å². The fourth-order valence-electron chi connectivity index (χ4n) is 14.1. The molecule has 1 saturated heterocycles. The monoisotopic (exact) mass is 1630 g/mol. The number of halogens is 17. The van der Waals surface area contributed by atoms with Crippen molar-refractivity contribution in [3.8, 4) is 34.8 Å². The number of hydrogen-bond acceptors (Lipinski definition) is 10. The van der Waals surface area contributed by atoms with Gasteiger partial charge in [-0.1, -0.05) is 47.9 Å². The molecule has 0 bridgehead atoms. The maximum Gasteiger partial charge on any atom is 0.494 e. The van der Waals surface area contributed by atoms with E-state index in [2.05, 4.69) is 70.4 Å². The highest BCUT2D eigenvalue weighted by Crippen LogP contribution is 2.54. The van der Waals surface area contributed by atoms with Crippen LogP contribution in [0.4, 0.5) is 70.2 Å². The van der Waals surface area contributed by atoms with Crippen molar-refractivity contribution < 1.29 is 98.7 Å². The minimum atomic E-state index is -4.02. The Balaban J connectivity index is 0.000000161. The van der Waals surface area contributed by atoms with Crippen molar-refractivity contribution in [1.29, 1.82) is 0 Å². The molecule has 3 aliphatic heterocycles. The van der Waals surface area contributed by atoms with Gasteiger partial charge in [0.05, 0.1) is 33.7 Å². The van der Waals surface area contributed by atoms with Crippen LogP contribution in [-0.4, -0.2) is 71.2 Å². The van der Waals surface area contributed by atoms with E-state index in [1.807, 2.05) is 45.9 Å². The van der Waals surface area contributed by atoms with E-state index >= 15 is 8.78 Å². The number of Topliss-reactive ketones (excluding diaryl/α,β-unsaturated/α-hetero) is 2. The predicted molar refractivity (Wildman–Crippen MR) is 379 cm³/mol. The first kappa shape index (κ1) is 80.4. The lowest BCUT2D eigenvalue weighted by atomic mass is 9.78. The quantitative estimate of drug-likeness (QED) is 0.0478. The summed E-state index contributed by atoms with van der Waals surface area (Å²) < 4.78 is 243. The molecule has 2 N–H and O–H groups in total. The van der Waals surface area contributed by atoms with Crippen LogP contribution in [-0.2, 0) is 81.6 Å². The van der Waals surface area contributed by atoms with Gasteiger partial charge in [0.25, 0.3) is 48.4 Å². The molecule has 2 amide bonds. The molecule has 2 atom stereocenters. The number of pyridine rings is 2. The minimum Gasteiger partial charge on any atom is -0.399 e. The predicted octanol–water partition coefficient (Wildman–Crippen LogP) is 17.3. The van der Waals surface area contributed by atoms with Gasteiger partial charge < -0.3 is 19.9 Å². The Morgan fingerprint density at radius 3 is 1.38 bits per heavy atom. The zero-order chi connectivity index (χ0) is 80.5. The van der Waals surface area contributed by atoms with Crippen LogP contribution in [0.25, 0.3) is 11.1 Å². The standard InChI is InChI=1S/C37H28F8N4O2.C29H22BrF8N3O.C14H18BNO3/c38-25-10-21(11-26(39)15-25)9-24(13-27(50)18-49-33-30(32(48-49)34(40)41)36(42,43)7-8-37(33,44)45)31-28(12-20(16-46-31)4-3-19-1-2-19)22-5-6-23-17-47-35(51)29(23)14-22;30-22-10-16(4-3-15-1-2-15)13-39-24(22)18(7-17-8-19(31)12-20(32)9-17)11-21(42)14-41-26-23(25(40-41)27(33)34)28(35,36)5-6-29(26,37)38;1-13(2)14(3,4)19-15(18-13)10-6-5-9-8-16-12(17)11(9)7-10/h5-6,10-12,14-16,19,24,34H,1-2,7-9,13,17-18H2,(H,47,51);8-10,12-13,15,18,27H,1-2,5-7,11,14H2;5-7H,8H2,1-4H3,(H,16,17)/t24-;18-;/m11./s1. The first-order valence-corrected chi connectivity index (χ1v) is 36.6. The molecule has 32 heteroatoms. The van der Waals surface area contributed by atoms with Crippen LogP contribution in [0.5, 0.6) is 0 Å². The Hall–Kier alpha value is -9.66. The average Bonchev–Trinajstić information content (AvgIpc) is 1.56. The zero-order valence-corrected chi connectivity index (χ0v) is 61.7.